The second-order valence-corrected chi connectivity index (χ2v) is 9.72. The van der Waals surface area contributed by atoms with E-state index in [-0.39, 0.29) is 49.0 Å². The maximum atomic E-state index is 14.7. The van der Waals surface area contributed by atoms with E-state index >= 15 is 0 Å². The van der Waals surface area contributed by atoms with Crippen molar-refractivity contribution >= 4 is 5.69 Å². The Labute approximate surface area is 201 Å². The predicted octanol–water partition coefficient (Wildman–Crippen LogP) is 6.20. The van der Waals surface area contributed by atoms with Crippen LogP contribution in [0.4, 0.5) is 23.2 Å². The fourth-order valence-electron chi connectivity index (χ4n) is 4.71. The number of pyridine rings is 3. The molecule has 0 saturated heterocycles. The Kier molecular flexibility index (Phi) is 6.81. The quantitative estimate of drug-likeness (QED) is 0.405. The van der Waals surface area contributed by atoms with Crippen LogP contribution in [0.5, 0.6) is 0 Å². The number of nitrogens with zero attached hydrogens (tertiary/aromatic N) is 3. The molecule has 0 radical (unpaired) electrons. The average Bonchev–Trinajstić information content (AvgIpc) is 2.77. The molecule has 3 aromatic rings. The molecule has 186 valence electrons. The summed E-state index contributed by atoms with van der Waals surface area (Å²) in [6, 6.07) is 5.67. The van der Waals surface area contributed by atoms with Crippen molar-refractivity contribution in [2.45, 2.75) is 64.0 Å². The summed E-state index contributed by atoms with van der Waals surface area (Å²) < 4.78 is 57.3. The number of alkyl halides is 2. The molecule has 2 atom stereocenters. The van der Waals surface area contributed by atoms with Gasteiger partial charge in [0.25, 0.3) is 0 Å². The maximum Gasteiger partial charge on any atom is 0.248 e. The van der Waals surface area contributed by atoms with Crippen molar-refractivity contribution in [1.82, 2.24) is 15.0 Å². The van der Waals surface area contributed by atoms with E-state index in [2.05, 4.69) is 20.3 Å². The summed E-state index contributed by atoms with van der Waals surface area (Å²) in [5, 5.41) is 13.3. The number of rotatable bonds is 6. The number of aromatic nitrogens is 3. The summed E-state index contributed by atoms with van der Waals surface area (Å²) in [6.07, 6.45) is 4.18. The summed E-state index contributed by atoms with van der Waals surface area (Å²) in [5.41, 5.74) is 0.553. The number of hydrogen-bond acceptors (Lipinski definition) is 5. The van der Waals surface area contributed by atoms with Crippen molar-refractivity contribution in [2.24, 2.45) is 5.92 Å². The third kappa shape index (κ3) is 5.45. The Bertz CT molecular complexity index is 1210. The minimum Gasteiger partial charge on any atom is -0.384 e. The molecule has 0 bridgehead atoms. The highest BCUT2D eigenvalue weighted by Crippen LogP contribution is 2.47. The lowest BCUT2D eigenvalue weighted by Gasteiger charge is -2.35. The van der Waals surface area contributed by atoms with Crippen LogP contribution >= 0.6 is 0 Å². The van der Waals surface area contributed by atoms with Crippen molar-refractivity contribution < 1.29 is 22.7 Å². The minimum atomic E-state index is -2.72. The zero-order valence-corrected chi connectivity index (χ0v) is 19.8. The van der Waals surface area contributed by atoms with E-state index in [4.69, 9.17) is 0 Å². The molecule has 3 aromatic heterocycles. The molecule has 1 fully saturated rings. The van der Waals surface area contributed by atoms with Gasteiger partial charge in [0.1, 0.15) is 28.6 Å². The summed E-state index contributed by atoms with van der Waals surface area (Å²) in [5.74, 6) is -4.52. The third-order valence-corrected chi connectivity index (χ3v) is 6.42. The molecule has 0 aromatic carbocycles. The van der Waals surface area contributed by atoms with Crippen molar-refractivity contribution in [3.63, 3.8) is 0 Å². The van der Waals surface area contributed by atoms with Crippen LogP contribution in [0.2, 0.25) is 0 Å². The Morgan fingerprint density at radius 3 is 2.54 bits per heavy atom. The van der Waals surface area contributed by atoms with E-state index in [1.54, 1.807) is 13.0 Å². The number of aliphatic hydroxyl groups is 1. The lowest BCUT2D eigenvalue weighted by molar-refractivity contribution is -0.0558. The first kappa shape index (κ1) is 25.0. The number of hydrogen-bond donors (Lipinski definition) is 2. The molecule has 0 amide bonds. The summed E-state index contributed by atoms with van der Waals surface area (Å²) in [4.78, 5) is 12.8. The molecule has 2 unspecified atom stereocenters. The van der Waals surface area contributed by atoms with Gasteiger partial charge in [0, 0.05) is 49.5 Å². The van der Waals surface area contributed by atoms with Crippen LogP contribution < -0.4 is 5.32 Å². The van der Waals surface area contributed by atoms with Crippen molar-refractivity contribution in [3.05, 3.63) is 71.4 Å². The topological polar surface area (TPSA) is 70.9 Å². The molecule has 3 heterocycles. The average molecular weight is 489 g/mol. The molecule has 0 aliphatic heterocycles. The Morgan fingerprint density at radius 1 is 1.11 bits per heavy atom. The van der Waals surface area contributed by atoms with Crippen molar-refractivity contribution in [3.8, 4) is 11.3 Å². The second kappa shape index (κ2) is 9.53. The second-order valence-electron chi connectivity index (χ2n) is 9.72. The van der Waals surface area contributed by atoms with Gasteiger partial charge in [0.05, 0.1) is 11.4 Å². The van der Waals surface area contributed by atoms with E-state index in [0.29, 0.717) is 22.5 Å². The van der Waals surface area contributed by atoms with E-state index in [0.717, 1.165) is 0 Å². The van der Waals surface area contributed by atoms with Gasteiger partial charge in [-0.2, -0.15) is 0 Å². The number of anilines is 1. The van der Waals surface area contributed by atoms with Gasteiger partial charge in [0.15, 0.2) is 0 Å². The molecule has 1 aliphatic carbocycles. The fourth-order valence-corrected chi connectivity index (χ4v) is 4.71. The maximum absolute atomic E-state index is 14.7. The molecule has 5 nitrogen and oxygen atoms in total. The first-order chi connectivity index (χ1) is 16.5. The van der Waals surface area contributed by atoms with Crippen LogP contribution in [0, 0.1) is 17.6 Å². The standard InChI is InChI=1S/C26H28F4N4O/c1-15-12-26(29,30)8-6-17(15)22-23(18(7-10-32-22)21-19(27)5-4-9-31-21)33-13-16-11-20(28)24(34-14-16)25(2,3)35/h4-5,7,9-11,14-15,17,33,35H,6,8,12-13H2,1-3H3. The number of halogens is 4. The van der Waals surface area contributed by atoms with Crippen LogP contribution in [0.15, 0.2) is 42.9 Å². The van der Waals surface area contributed by atoms with Crippen LogP contribution in [-0.4, -0.2) is 26.0 Å². The zero-order valence-electron chi connectivity index (χ0n) is 19.8. The van der Waals surface area contributed by atoms with Gasteiger partial charge in [-0.15, -0.1) is 0 Å². The van der Waals surface area contributed by atoms with Crippen LogP contribution in [0.25, 0.3) is 11.3 Å². The molecule has 2 N–H and O–H groups in total. The van der Waals surface area contributed by atoms with Crippen LogP contribution in [0.1, 0.15) is 62.9 Å². The fraction of sp³-hybridized carbons (Fsp3) is 0.423. The van der Waals surface area contributed by atoms with E-state index in [1.807, 2.05) is 0 Å². The minimum absolute atomic E-state index is 0.0727. The van der Waals surface area contributed by atoms with E-state index in [1.165, 1.54) is 50.6 Å². The lowest BCUT2D eigenvalue weighted by atomic mass is 9.76. The van der Waals surface area contributed by atoms with Crippen LogP contribution in [0.3, 0.4) is 0 Å². The Balaban J connectivity index is 1.72. The molecular weight excluding hydrogens is 460 g/mol. The lowest BCUT2D eigenvalue weighted by Crippen LogP contribution is -2.30. The van der Waals surface area contributed by atoms with Gasteiger partial charge in [-0.1, -0.05) is 6.92 Å². The highest BCUT2D eigenvalue weighted by atomic mass is 19.3. The Morgan fingerprint density at radius 2 is 1.89 bits per heavy atom. The van der Waals surface area contributed by atoms with Gasteiger partial charge >= 0.3 is 0 Å². The summed E-state index contributed by atoms with van der Waals surface area (Å²) in [7, 11) is 0. The van der Waals surface area contributed by atoms with Gasteiger partial charge in [0.2, 0.25) is 5.92 Å². The normalized spacial score (nSPS) is 20.0. The number of nitrogens with one attached hydrogen (secondary N) is 1. The molecule has 1 aliphatic rings. The van der Waals surface area contributed by atoms with Crippen LogP contribution in [-0.2, 0) is 12.1 Å². The summed E-state index contributed by atoms with van der Waals surface area (Å²) in [6.45, 7) is 4.78. The molecule has 9 heteroatoms. The first-order valence-corrected chi connectivity index (χ1v) is 11.5. The summed E-state index contributed by atoms with van der Waals surface area (Å²) >= 11 is 0. The Hall–Kier alpha value is -3.07. The third-order valence-electron chi connectivity index (χ3n) is 6.42. The predicted molar refractivity (Wildman–Crippen MR) is 125 cm³/mol. The molecular formula is C26H28F4N4O. The van der Waals surface area contributed by atoms with E-state index in [9.17, 15) is 22.7 Å². The monoisotopic (exact) mass is 488 g/mol. The molecule has 35 heavy (non-hydrogen) atoms. The van der Waals surface area contributed by atoms with Crippen molar-refractivity contribution in [1.29, 1.82) is 0 Å². The van der Waals surface area contributed by atoms with Gasteiger partial charge in [-0.05, 0) is 56.0 Å². The first-order valence-electron chi connectivity index (χ1n) is 11.5. The molecule has 1 saturated carbocycles. The molecule has 0 spiro atoms. The van der Waals surface area contributed by atoms with Gasteiger partial charge in [-0.25, -0.2) is 17.6 Å². The smallest absolute Gasteiger partial charge is 0.248 e. The van der Waals surface area contributed by atoms with Crippen molar-refractivity contribution in [2.75, 3.05) is 5.32 Å². The highest BCUT2D eigenvalue weighted by molar-refractivity contribution is 5.77. The molecule has 4 rings (SSSR count). The van der Waals surface area contributed by atoms with E-state index < -0.39 is 23.2 Å². The SMILES string of the molecule is CC1CC(F)(F)CCC1c1nccc(-c2ncccc2F)c1NCc1cnc(C(C)(C)O)c(F)c1. The van der Waals surface area contributed by atoms with Gasteiger partial charge in [-0.3, -0.25) is 15.0 Å². The highest BCUT2D eigenvalue weighted by Gasteiger charge is 2.41. The zero-order chi connectivity index (χ0) is 25.4. The largest absolute Gasteiger partial charge is 0.384 e. The van der Waals surface area contributed by atoms with Gasteiger partial charge < -0.3 is 10.4 Å².